The van der Waals surface area contributed by atoms with E-state index in [1.807, 2.05) is 36.4 Å². The lowest BCUT2D eigenvalue weighted by atomic mass is 9.95. The van der Waals surface area contributed by atoms with Crippen molar-refractivity contribution in [2.45, 2.75) is 12.8 Å². The summed E-state index contributed by atoms with van der Waals surface area (Å²) in [4.78, 5) is 14.4. The summed E-state index contributed by atoms with van der Waals surface area (Å²) in [7, 11) is 1.78. The molecular weight excluding hydrogens is 398 g/mol. The van der Waals surface area contributed by atoms with Crippen LogP contribution in [0.4, 0.5) is 20.2 Å². The highest BCUT2D eigenvalue weighted by Gasteiger charge is 2.26. The van der Waals surface area contributed by atoms with Crippen molar-refractivity contribution in [2.75, 3.05) is 23.8 Å². The maximum Gasteiger partial charge on any atom is 0.231 e. The number of anilines is 2. The first-order valence-electron chi connectivity index (χ1n) is 9.91. The van der Waals surface area contributed by atoms with Crippen LogP contribution in [-0.2, 0) is 17.6 Å². The number of hydrogen-bond acceptors (Lipinski definition) is 3. The molecule has 3 aromatic rings. The number of rotatable bonds is 5. The average Bonchev–Trinajstić information content (AvgIpc) is 3.19. The third-order valence-electron chi connectivity index (χ3n) is 5.54. The first-order chi connectivity index (χ1) is 14.9. The van der Waals surface area contributed by atoms with Gasteiger partial charge in [0.15, 0.2) is 0 Å². The zero-order valence-corrected chi connectivity index (χ0v) is 17.0. The van der Waals surface area contributed by atoms with Crippen molar-refractivity contribution < 1.29 is 13.6 Å². The molecule has 1 aliphatic heterocycles. The number of nitrogens with two attached hydrogens (primary N) is 1. The SMILES string of the molecule is CNc1cccc(-c2ccc3c(c2)CCN3C(=O)Cc2cc(F)ccc2F)c1C(=N)N. The van der Waals surface area contributed by atoms with Crippen LogP contribution in [0.2, 0.25) is 0 Å². The Morgan fingerprint density at radius 2 is 1.97 bits per heavy atom. The van der Waals surface area contributed by atoms with Gasteiger partial charge >= 0.3 is 0 Å². The summed E-state index contributed by atoms with van der Waals surface area (Å²) in [5.41, 5.74) is 10.7. The fourth-order valence-corrected chi connectivity index (χ4v) is 4.06. The number of halogens is 2. The van der Waals surface area contributed by atoms with E-state index < -0.39 is 11.6 Å². The van der Waals surface area contributed by atoms with Crippen LogP contribution < -0.4 is 16.0 Å². The number of amidine groups is 1. The van der Waals surface area contributed by atoms with Gasteiger partial charge in [0, 0.05) is 36.1 Å². The molecule has 3 aromatic carbocycles. The monoisotopic (exact) mass is 420 g/mol. The Labute approximate surface area is 179 Å². The number of carbonyl (C=O) groups excluding carboxylic acids is 1. The highest BCUT2D eigenvalue weighted by Crippen LogP contribution is 2.35. The number of fused-ring (bicyclic) bond motifs is 1. The summed E-state index contributed by atoms with van der Waals surface area (Å²) in [6, 6.07) is 14.5. The molecule has 0 spiro atoms. The second kappa shape index (κ2) is 8.18. The van der Waals surface area contributed by atoms with E-state index in [1.54, 1.807) is 11.9 Å². The Bertz CT molecular complexity index is 1190. The minimum Gasteiger partial charge on any atom is -0.388 e. The smallest absolute Gasteiger partial charge is 0.231 e. The molecule has 0 saturated carbocycles. The third-order valence-corrected chi connectivity index (χ3v) is 5.54. The number of benzene rings is 3. The summed E-state index contributed by atoms with van der Waals surface area (Å²) in [5.74, 6) is -1.47. The summed E-state index contributed by atoms with van der Waals surface area (Å²) in [6.07, 6.45) is 0.450. The van der Waals surface area contributed by atoms with Crippen LogP contribution in [0, 0.1) is 17.0 Å². The van der Waals surface area contributed by atoms with Gasteiger partial charge in [0.2, 0.25) is 5.91 Å². The third kappa shape index (κ3) is 3.86. The van der Waals surface area contributed by atoms with Crippen molar-refractivity contribution in [2.24, 2.45) is 5.73 Å². The van der Waals surface area contributed by atoms with E-state index in [1.165, 1.54) is 0 Å². The molecule has 0 unspecified atom stereocenters. The molecule has 0 radical (unpaired) electrons. The van der Waals surface area contributed by atoms with Crippen molar-refractivity contribution in [3.8, 4) is 11.1 Å². The molecule has 7 heteroatoms. The summed E-state index contributed by atoms with van der Waals surface area (Å²) >= 11 is 0. The van der Waals surface area contributed by atoms with E-state index in [4.69, 9.17) is 11.1 Å². The number of amides is 1. The predicted octanol–water partition coefficient (Wildman–Crippen LogP) is 4.09. The van der Waals surface area contributed by atoms with E-state index in [0.717, 1.165) is 46.3 Å². The highest BCUT2D eigenvalue weighted by molar-refractivity contribution is 6.06. The summed E-state index contributed by atoms with van der Waals surface area (Å²) in [5, 5.41) is 11.0. The second-order valence-corrected chi connectivity index (χ2v) is 7.44. The maximum absolute atomic E-state index is 13.9. The molecule has 0 bridgehead atoms. The zero-order chi connectivity index (χ0) is 22.1. The first kappa shape index (κ1) is 20.5. The normalized spacial score (nSPS) is 12.5. The lowest BCUT2D eigenvalue weighted by Crippen LogP contribution is -2.30. The van der Waals surface area contributed by atoms with Gasteiger partial charge in [0.25, 0.3) is 0 Å². The molecule has 0 atom stereocenters. The van der Waals surface area contributed by atoms with Crippen LogP contribution in [-0.4, -0.2) is 25.3 Å². The van der Waals surface area contributed by atoms with Crippen LogP contribution in [0.1, 0.15) is 16.7 Å². The van der Waals surface area contributed by atoms with E-state index in [9.17, 15) is 13.6 Å². The average molecular weight is 420 g/mol. The van der Waals surface area contributed by atoms with E-state index in [-0.39, 0.29) is 23.7 Å². The standard InChI is InChI=1S/C24H22F2N4O/c1-29-20-4-2-3-18(23(20)24(27)28)14-5-8-21-15(11-14)9-10-30(21)22(31)13-16-12-17(25)6-7-19(16)26/h2-8,11-12,29H,9-10,13H2,1H3,(H3,27,28). The Morgan fingerprint density at radius 3 is 2.71 bits per heavy atom. The molecular formula is C24H22F2N4O. The van der Waals surface area contributed by atoms with Crippen LogP contribution in [0.5, 0.6) is 0 Å². The van der Waals surface area contributed by atoms with E-state index in [0.29, 0.717) is 18.5 Å². The summed E-state index contributed by atoms with van der Waals surface area (Å²) < 4.78 is 27.4. The Hall–Kier alpha value is -3.74. The molecule has 0 aromatic heterocycles. The maximum atomic E-state index is 13.9. The van der Waals surface area contributed by atoms with Crippen LogP contribution in [0.15, 0.2) is 54.6 Å². The quantitative estimate of drug-likeness (QED) is 0.430. The van der Waals surface area contributed by atoms with Crippen LogP contribution in [0.25, 0.3) is 11.1 Å². The van der Waals surface area contributed by atoms with Gasteiger partial charge in [-0.15, -0.1) is 0 Å². The number of carbonyl (C=O) groups is 1. The lowest BCUT2D eigenvalue weighted by Gasteiger charge is -2.19. The lowest BCUT2D eigenvalue weighted by molar-refractivity contribution is -0.117. The molecule has 0 saturated heterocycles. The topological polar surface area (TPSA) is 82.2 Å². The van der Waals surface area contributed by atoms with Gasteiger partial charge in [0.05, 0.1) is 6.42 Å². The first-order valence-corrected chi connectivity index (χ1v) is 9.91. The van der Waals surface area contributed by atoms with Crippen molar-refractivity contribution in [3.05, 3.63) is 82.9 Å². The molecule has 1 aliphatic rings. The largest absolute Gasteiger partial charge is 0.388 e. The molecule has 4 N–H and O–H groups in total. The molecule has 1 heterocycles. The van der Waals surface area contributed by atoms with Gasteiger partial charge in [-0.3, -0.25) is 10.2 Å². The van der Waals surface area contributed by atoms with Gasteiger partial charge in [-0.25, -0.2) is 8.78 Å². The number of nitrogens with zero attached hydrogens (tertiary/aromatic N) is 1. The number of nitrogens with one attached hydrogen (secondary N) is 2. The minimum absolute atomic E-state index is 0.0330. The Kier molecular flexibility index (Phi) is 5.42. The molecule has 4 rings (SSSR count). The van der Waals surface area contributed by atoms with E-state index >= 15 is 0 Å². The highest BCUT2D eigenvalue weighted by atomic mass is 19.1. The van der Waals surface area contributed by atoms with Gasteiger partial charge < -0.3 is 16.0 Å². The van der Waals surface area contributed by atoms with Crippen molar-refractivity contribution in [3.63, 3.8) is 0 Å². The van der Waals surface area contributed by atoms with Gasteiger partial charge in [0.1, 0.15) is 17.5 Å². The van der Waals surface area contributed by atoms with Gasteiger partial charge in [-0.05, 0) is 59.5 Å². The molecule has 5 nitrogen and oxygen atoms in total. The predicted molar refractivity (Wildman–Crippen MR) is 119 cm³/mol. The van der Waals surface area contributed by atoms with Gasteiger partial charge in [-0.1, -0.05) is 18.2 Å². The van der Waals surface area contributed by atoms with E-state index in [2.05, 4.69) is 5.32 Å². The van der Waals surface area contributed by atoms with Crippen molar-refractivity contribution in [1.29, 1.82) is 5.41 Å². The molecule has 0 aliphatic carbocycles. The van der Waals surface area contributed by atoms with Crippen LogP contribution >= 0.6 is 0 Å². The molecule has 0 fully saturated rings. The molecule has 1 amide bonds. The zero-order valence-electron chi connectivity index (χ0n) is 17.0. The fourth-order valence-electron chi connectivity index (χ4n) is 4.06. The number of hydrogen-bond donors (Lipinski definition) is 3. The Morgan fingerprint density at radius 1 is 1.16 bits per heavy atom. The Balaban J connectivity index is 1.64. The summed E-state index contributed by atoms with van der Waals surface area (Å²) in [6.45, 7) is 0.477. The van der Waals surface area contributed by atoms with Crippen molar-refractivity contribution >= 4 is 23.1 Å². The molecule has 158 valence electrons. The fraction of sp³-hybridized carbons (Fsp3) is 0.167. The van der Waals surface area contributed by atoms with Gasteiger partial charge in [-0.2, -0.15) is 0 Å². The van der Waals surface area contributed by atoms with Crippen molar-refractivity contribution in [1.82, 2.24) is 0 Å². The number of nitrogen functional groups attached to an aromatic ring is 1. The molecule has 31 heavy (non-hydrogen) atoms. The minimum atomic E-state index is -0.592. The second-order valence-electron chi connectivity index (χ2n) is 7.44. The van der Waals surface area contributed by atoms with Crippen LogP contribution in [0.3, 0.4) is 0 Å².